The first-order valence-electron chi connectivity index (χ1n) is 4.87. The van der Waals surface area contributed by atoms with Crippen LogP contribution < -0.4 is 0 Å². The molecule has 1 N–H and O–H groups in total. The molecule has 4 nitrogen and oxygen atoms in total. The zero-order valence-corrected chi connectivity index (χ0v) is 9.83. The fourth-order valence-corrected chi connectivity index (χ4v) is 2.36. The average molecular weight is 242 g/mol. The average Bonchev–Trinajstić information content (AvgIpc) is 2.15. The number of aryl methyl sites for hydroxylation is 2. The van der Waals surface area contributed by atoms with Crippen LogP contribution in [0.3, 0.4) is 0 Å². The van der Waals surface area contributed by atoms with E-state index >= 15 is 0 Å². The van der Waals surface area contributed by atoms with Crippen molar-refractivity contribution in [2.24, 2.45) is 0 Å². The van der Waals surface area contributed by atoms with Crippen molar-refractivity contribution in [1.29, 1.82) is 0 Å². The molecule has 0 saturated carbocycles. The third-order valence-electron chi connectivity index (χ3n) is 2.17. The molecule has 0 amide bonds. The number of carboxylic acids is 1. The van der Waals surface area contributed by atoms with E-state index in [0.717, 1.165) is 11.1 Å². The van der Waals surface area contributed by atoms with Gasteiger partial charge in [0.25, 0.3) is 0 Å². The topological polar surface area (TPSA) is 71.4 Å². The highest BCUT2D eigenvalue weighted by molar-refractivity contribution is 7.92. The van der Waals surface area contributed by atoms with E-state index in [0.29, 0.717) is 6.42 Å². The summed E-state index contributed by atoms with van der Waals surface area (Å²) in [5, 5.41) is 8.40. The summed E-state index contributed by atoms with van der Waals surface area (Å²) in [6.07, 6.45) is 0.357. The van der Waals surface area contributed by atoms with Gasteiger partial charge < -0.3 is 5.11 Å². The molecule has 1 aromatic carbocycles. The fourth-order valence-electron chi connectivity index (χ4n) is 1.29. The lowest BCUT2D eigenvalue weighted by molar-refractivity contribution is -0.134. The van der Waals surface area contributed by atoms with Crippen molar-refractivity contribution in [2.75, 3.05) is 11.5 Å². The monoisotopic (exact) mass is 242 g/mol. The van der Waals surface area contributed by atoms with Crippen molar-refractivity contribution < 1.29 is 18.3 Å². The Labute approximate surface area is 94.8 Å². The molecule has 0 saturated heterocycles. The summed E-state index contributed by atoms with van der Waals surface area (Å²) in [5.74, 6) is -2.22. The van der Waals surface area contributed by atoms with Crippen LogP contribution in [0.1, 0.15) is 11.1 Å². The third kappa shape index (κ3) is 4.44. The smallest absolute Gasteiger partial charge is 0.318 e. The van der Waals surface area contributed by atoms with Crippen LogP contribution in [-0.4, -0.2) is 31.0 Å². The summed E-state index contributed by atoms with van der Waals surface area (Å²) in [7, 11) is -3.49. The first-order valence-corrected chi connectivity index (χ1v) is 6.69. The summed E-state index contributed by atoms with van der Waals surface area (Å²) in [6.45, 7) is 1.95. The highest BCUT2D eigenvalue weighted by atomic mass is 32.2. The second-order valence-electron chi connectivity index (χ2n) is 3.72. The number of rotatable bonds is 5. The minimum Gasteiger partial charge on any atom is -0.480 e. The molecule has 16 heavy (non-hydrogen) atoms. The Morgan fingerprint density at radius 1 is 1.25 bits per heavy atom. The zero-order valence-electron chi connectivity index (χ0n) is 9.01. The summed E-state index contributed by atoms with van der Waals surface area (Å²) >= 11 is 0. The van der Waals surface area contributed by atoms with Crippen LogP contribution in [0, 0.1) is 6.92 Å². The molecular formula is C11H14O4S. The van der Waals surface area contributed by atoms with Gasteiger partial charge in [-0.15, -0.1) is 0 Å². The van der Waals surface area contributed by atoms with Crippen LogP contribution in [-0.2, 0) is 21.1 Å². The molecule has 5 heteroatoms. The molecule has 1 rings (SSSR count). The Hall–Kier alpha value is -1.36. The Morgan fingerprint density at radius 2 is 1.81 bits per heavy atom. The molecular weight excluding hydrogens is 228 g/mol. The Bertz CT molecular complexity index is 459. The van der Waals surface area contributed by atoms with Gasteiger partial charge in [0.1, 0.15) is 5.75 Å². The number of benzene rings is 1. The van der Waals surface area contributed by atoms with Gasteiger partial charge >= 0.3 is 5.97 Å². The maximum absolute atomic E-state index is 11.3. The highest BCUT2D eigenvalue weighted by Crippen LogP contribution is 2.05. The first-order chi connectivity index (χ1) is 7.39. The van der Waals surface area contributed by atoms with Gasteiger partial charge in [0.2, 0.25) is 0 Å². The molecule has 0 unspecified atom stereocenters. The minimum atomic E-state index is -3.49. The molecule has 1 aromatic rings. The largest absolute Gasteiger partial charge is 0.480 e. The second-order valence-corrected chi connectivity index (χ2v) is 5.91. The molecule has 0 heterocycles. The molecule has 0 radical (unpaired) electrons. The maximum atomic E-state index is 11.3. The van der Waals surface area contributed by atoms with Gasteiger partial charge in [0, 0.05) is 0 Å². The number of carboxylic acid groups (broad SMARTS) is 1. The number of sulfone groups is 1. The Balaban J connectivity index is 2.58. The SMILES string of the molecule is Cc1ccc(CCS(=O)(=O)CC(=O)O)cc1. The predicted octanol–water partition coefficient (Wildman–Crippen LogP) is 1.04. The minimum absolute atomic E-state index is 0.123. The van der Waals surface area contributed by atoms with E-state index in [1.165, 1.54) is 0 Å². The van der Waals surface area contributed by atoms with Crippen molar-refractivity contribution in [3.8, 4) is 0 Å². The van der Waals surface area contributed by atoms with Crippen molar-refractivity contribution in [3.63, 3.8) is 0 Å². The van der Waals surface area contributed by atoms with E-state index in [2.05, 4.69) is 0 Å². The van der Waals surface area contributed by atoms with Gasteiger partial charge in [0.05, 0.1) is 5.75 Å². The zero-order chi connectivity index (χ0) is 12.2. The summed E-state index contributed by atoms with van der Waals surface area (Å²) in [5.41, 5.74) is 2.01. The molecule has 0 aliphatic heterocycles. The van der Waals surface area contributed by atoms with Gasteiger partial charge in [-0.3, -0.25) is 4.79 Å². The van der Waals surface area contributed by atoms with Crippen LogP contribution in [0.15, 0.2) is 24.3 Å². The highest BCUT2D eigenvalue weighted by Gasteiger charge is 2.15. The first kappa shape index (κ1) is 12.7. The lowest BCUT2D eigenvalue weighted by Crippen LogP contribution is -2.19. The number of hydrogen-bond donors (Lipinski definition) is 1. The van der Waals surface area contributed by atoms with Gasteiger partial charge in [-0.1, -0.05) is 29.8 Å². The third-order valence-corrected chi connectivity index (χ3v) is 3.68. The Morgan fingerprint density at radius 3 is 2.31 bits per heavy atom. The molecule has 0 bridgehead atoms. The lowest BCUT2D eigenvalue weighted by atomic mass is 10.1. The van der Waals surface area contributed by atoms with Crippen LogP contribution in [0.5, 0.6) is 0 Å². The molecule has 0 fully saturated rings. The summed E-state index contributed by atoms with van der Waals surface area (Å²) in [4.78, 5) is 10.3. The molecule has 0 aromatic heterocycles. The van der Waals surface area contributed by atoms with Crippen molar-refractivity contribution in [2.45, 2.75) is 13.3 Å². The predicted molar refractivity (Wildman–Crippen MR) is 61.2 cm³/mol. The van der Waals surface area contributed by atoms with E-state index in [1.54, 1.807) is 0 Å². The van der Waals surface area contributed by atoms with E-state index in [-0.39, 0.29) is 5.75 Å². The standard InChI is InChI=1S/C11H14O4S/c1-9-2-4-10(5-3-9)6-7-16(14,15)8-11(12)13/h2-5H,6-8H2,1H3,(H,12,13). The molecule has 0 atom stereocenters. The van der Waals surface area contributed by atoms with Gasteiger partial charge in [-0.25, -0.2) is 8.42 Å². The van der Waals surface area contributed by atoms with Gasteiger partial charge in [0.15, 0.2) is 9.84 Å². The van der Waals surface area contributed by atoms with Crippen molar-refractivity contribution in [3.05, 3.63) is 35.4 Å². The van der Waals surface area contributed by atoms with E-state index in [4.69, 9.17) is 5.11 Å². The quantitative estimate of drug-likeness (QED) is 0.837. The fraction of sp³-hybridized carbons (Fsp3) is 0.364. The maximum Gasteiger partial charge on any atom is 0.318 e. The van der Waals surface area contributed by atoms with Crippen LogP contribution in [0.25, 0.3) is 0 Å². The summed E-state index contributed by atoms with van der Waals surface area (Å²) in [6, 6.07) is 7.51. The Kier molecular flexibility index (Phi) is 4.06. The van der Waals surface area contributed by atoms with Crippen LogP contribution in [0.4, 0.5) is 0 Å². The van der Waals surface area contributed by atoms with E-state index in [1.807, 2.05) is 31.2 Å². The number of hydrogen-bond acceptors (Lipinski definition) is 3. The molecule has 0 aliphatic rings. The molecule has 0 aliphatic carbocycles. The number of carbonyl (C=O) groups is 1. The normalized spacial score (nSPS) is 11.3. The van der Waals surface area contributed by atoms with Crippen molar-refractivity contribution in [1.82, 2.24) is 0 Å². The second kappa shape index (κ2) is 5.12. The van der Waals surface area contributed by atoms with E-state index in [9.17, 15) is 13.2 Å². The van der Waals surface area contributed by atoms with Crippen molar-refractivity contribution >= 4 is 15.8 Å². The van der Waals surface area contributed by atoms with Crippen LogP contribution in [0.2, 0.25) is 0 Å². The van der Waals surface area contributed by atoms with Crippen LogP contribution >= 0.6 is 0 Å². The van der Waals surface area contributed by atoms with Gasteiger partial charge in [-0.05, 0) is 18.9 Å². The molecule has 88 valence electrons. The van der Waals surface area contributed by atoms with Gasteiger partial charge in [-0.2, -0.15) is 0 Å². The lowest BCUT2D eigenvalue weighted by Gasteiger charge is -2.02. The van der Waals surface area contributed by atoms with E-state index < -0.39 is 21.6 Å². The molecule has 0 spiro atoms. The summed E-state index contributed by atoms with van der Waals surface area (Å²) < 4.78 is 22.6. The number of aliphatic carboxylic acids is 1.